The van der Waals surface area contributed by atoms with E-state index in [1.807, 2.05) is 6.92 Å². The Kier molecular flexibility index (Phi) is 8.97. The van der Waals surface area contributed by atoms with Gasteiger partial charge in [-0.15, -0.1) is 0 Å². The second kappa shape index (κ2) is 11.7. The van der Waals surface area contributed by atoms with Crippen LogP contribution in [0.3, 0.4) is 0 Å². The summed E-state index contributed by atoms with van der Waals surface area (Å²) in [6.07, 6.45) is 0. The Labute approximate surface area is 164 Å². The van der Waals surface area contributed by atoms with Crippen LogP contribution in [0.25, 0.3) is 0 Å². The van der Waals surface area contributed by atoms with E-state index >= 15 is 0 Å². The van der Waals surface area contributed by atoms with Gasteiger partial charge in [-0.05, 0) is 49.4 Å². The zero-order valence-electron chi connectivity index (χ0n) is 16.0. The van der Waals surface area contributed by atoms with Crippen LogP contribution in [0.1, 0.15) is 27.6 Å². The highest BCUT2D eigenvalue weighted by Crippen LogP contribution is 2.18. The Morgan fingerprint density at radius 1 is 0.821 bits per heavy atom. The average molecular weight is 388 g/mol. The van der Waals surface area contributed by atoms with E-state index in [0.29, 0.717) is 43.3 Å². The van der Waals surface area contributed by atoms with Gasteiger partial charge in [0, 0.05) is 13.7 Å². The Balaban J connectivity index is 1.91. The molecule has 0 atom stereocenters. The minimum absolute atomic E-state index is 0.151. The molecule has 2 rings (SSSR count). The normalized spacial score (nSPS) is 10.4. The summed E-state index contributed by atoms with van der Waals surface area (Å²) in [4.78, 5) is 24.3. The zero-order valence-corrected chi connectivity index (χ0v) is 16.0. The van der Waals surface area contributed by atoms with Crippen molar-refractivity contribution in [3.63, 3.8) is 0 Å². The van der Waals surface area contributed by atoms with Crippen LogP contribution in [0.2, 0.25) is 0 Å². The second-order valence-corrected chi connectivity index (χ2v) is 5.62. The lowest BCUT2D eigenvalue weighted by Crippen LogP contribution is -2.11. The van der Waals surface area contributed by atoms with Crippen LogP contribution in [0, 0.1) is 0 Å². The van der Waals surface area contributed by atoms with Crippen molar-refractivity contribution in [2.24, 2.45) is 0 Å². The molecule has 0 N–H and O–H groups in total. The van der Waals surface area contributed by atoms with Crippen LogP contribution >= 0.6 is 0 Å². The van der Waals surface area contributed by atoms with Gasteiger partial charge in [-0.3, -0.25) is 0 Å². The number of ether oxygens (including phenoxy) is 5. The van der Waals surface area contributed by atoms with Gasteiger partial charge in [-0.2, -0.15) is 0 Å². The summed E-state index contributed by atoms with van der Waals surface area (Å²) < 4.78 is 25.9. The van der Waals surface area contributed by atoms with E-state index in [1.54, 1.807) is 42.5 Å². The van der Waals surface area contributed by atoms with E-state index in [-0.39, 0.29) is 12.4 Å². The maximum Gasteiger partial charge on any atom is 0.343 e. The van der Waals surface area contributed by atoms with Gasteiger partial charge in [0.1, 0.15) is 24.7 Å². The van der Waals surface area contributed by atoms with E-state index in [9.17, 15) is 9.59 Å². The molecule has 0 aliphatic heterocycles. The largest absolute Gasteiger partial charge is 0.491 e. The lowest BCUT2D eigenvalue weighted by Gasteiger charge is -2.08. The SMILES string of the molecule is CCOCCOc1ccc(C(=O)Oc2cccc(C(=O)OCCOC)c2)cc1. The van der Waals surface area contributed by atoms with Crippen molar-refractivity contribution < 1.29 is 33.3 Å². The van der Waals surface area contributed by atoms with Crippen molar-refractivity contribution in [2.75, 3.05) is 40.1 Å². The van der Waals surface area contributed by atoms with Crippen molar-refractivity contribution in [1.29, 1.82) is 0 Å². The lowest BCUT2D eigenvalue weighted by molar-refractivity contribution is 0.0387. The maximum absolute atomic E-state index is 12.3. The van der Waals surface area contributed by atoms with E-state index in [0.717, 1.165) is 0 Å². The molecule has 0 spiro atoms. The monoisotopic (exact) mass is 388 g/mol. The highest BCUT2D eigenvalue weighted by atomic mass is 16.6. The van der Waals surface area contributed by atoms with Crippen molar-refractivity contribution in [1.82, 2.24) is 0 Å². The van der Waals surface area contributed by atoms with Crippen LogP contribution in [-0.4, -0.2) is 52.1 Å². The van der Waals surface area contributed by atoms with Crippen molar-refractivity contribution in [3.8, 4) is 11.5 Å². The number of methoxy groups -OCH3 is 1. The fraction of sp³-hybridized carbons (Fsp3) is 0.333. The highest BCUT2D eigenvalue weighted by molar-refractivity contribution is 5.92. The van der Waals surface area contributed by atoms with Crippen LogP contribution in [-0.2, 0) is 14.2 Å². The molecule has 2 aromatic carbocycles. The Bertz CT molecular complexity index is 756. The number of benzene rings is 2. The number of hydrogen-bond donors (Lipinski definition) is 0. The van der Waals surface area contributed by atoms with Gasteiger partial charge >= 0.3 is 11.9 Å². The number of hydrogen-bond acceptors (Lipinski definition) is 7. The van der Waals surface area contributed by atoms with E-state index < -0.39 is 11.9 Å². The maximum atomic E-state index is 12.3. The minimum atomic E-state index is -0.536. The molecule has 0 radical (unpaired) electrons. The summed E-state index contributed by atoms with van der Waals surface area (Å²) in [7, 11) is 1.52. The first kappa shape index (κ1) is 21.4. The Morgan fingerprint density at radius 3 is 2.32 bits per heavy atom. The lowest BCUT2D eigenvalue weighted by atomic mass is 10.2. The second-order valence-electron chi connectivity index (χ2n) is 5.62. The Hall–Kier alpha value is -2.90. The predicted molar refractivity (Wildman–Crippen MR) is 102 cm³/mol. The summed E-state index contributed by atoms with van der Waals surface area (Å²) in [5.41, 5.74) is 0.657. The van der Waals surface area contributed by atoms with Crippen LogP contribution in [0.15, 0.2) is 48.5 Å². The molecule has 2 aromatic rings. The number of carbonyl (C=O) groups is 2. The third kappa shape index (κ3) is 7.02. The van der Waals surface area contributed by atoms with Crippen molar-refractivity contribution in [2.45, 2.75) is 6.92 Å². The van der Waals surface area contributed by atoms with Gasteiger partial charge < -0.3 is 23.7 Å². The molecular weight excluding hydrogens is 364 g/mol. The minimum Gasteiger partial charge on any atom is -0.491 e. The fourth-order valence-corrected chi connectivity index (χ4v) is 2.20. The molecule has 28 heavy (non-hydrogen) atoms. The van der Waals surface area contributed by atoms with Gasteiger partial charge in [-0.25, -0.2) is 9.59 Å². The van der Waals surface area contributed by atoms with E-state index in [1.165, 1.54) is 13.2 Å². The van der Waals surface area contributed by atoms with E-state index in [4.69, 9.17) is 23.7 Å². The molecule has 0 aliphatic rings. The zero-order chi connectivity index (χ0) is 20.2. The average Bonchev–Trinajstić information content (AvgIpc) is 2.72. The van der Waals surface area contributed by atoms with Crippen molar-refractivity contribution in [3.05, 3.63) is 59.7 Å². The molecule has 0 unspecified atom stereocenters. The van der Waals surface area contributed by atoms with Gasteiger partial charge in [0.15, 0.2) is 0 Å². The predicted octanol–water partition coefficient (Wildman–Crippen LogP) is 3.12. The van der Waals surface area contributed by atoms with Crippen LogP contribution in [0.4, 0.5) is 0 Å². The first-order valence-corrected chi connectivity index (χ1v) is 8.93. The molecule has 0 saturated heterocycles. The number of rotatable bonds is 11. The molecule has 0 aromatic heterocycles. The molecule has 7 heteroatoms. The van der Waals surface area contributed by atoms with Gasteiger partial charge in [0.25, 0.3) is 0 Å². The van der Waals surface area contributed by atoms with Crippen LogP contribution < -0.4 is 9.47 Å². The quantitative estimate of drug-likeness (QED) is 0.332. The smallest absolute Gasteiger partial charge is 0.343 e. The molecule has 0 bridgehead atoms. The number of carbonyl (C=O) groups excluding carboxylic acids is 2. The molecule has 0 fully saturated rings. The summed E-state index contributed by atoms with van der Waals surface area (Å²) >= 11 is 0. The van der Waals surface area contributed by atoms with Crippen molar-refractivity contribution >= 4 is 11.9 Å². The Morgan fingerprint density at radius 2 is 1.61 bits per heavy atom. The highest BCUT2D eigenvalue weighted by Gasteiger charge is 2.12. The summed E-state index contributed by atoms with van der Waals surface area (Å²) in [6.45, 7) is 3.96. The molecule has 150 valence electrons. The third-order valence-electron chi connectivity index (χ3n) is 3.59. The molecular formula is C21H24O7. The molecule has 0 amide bonds. The van der Waals surface area contributed by atoms with Gasteiger partial charge in [-0.1, -0.05) is 6.07 Å². The first-order valence-electron chi connectivity index (χ1n) is 8.93. The molecule has 0 heterocycles. The van der Waals surface area contributed by atoms with E-state index in [2.05, 4.69) is 0 Å². The molecule has 7 nitrogen and oxygen atoms in total. The summed E-state index contributed by atoms with van der Waals surface area (Å²) in [5, 5.41) is 0. The standard InChI is InChI=1S/C21H24O7/c1-3-25-12-14-26-18-9-7-16(8-10-18)21(23)28-19-6-4-5-17(15-19)20(22)27-13-11-24-2/h4-10,15H,3,11-14H2,1-2H3. The number of esters is 2. The fourth-order valence-electron chi connectivity index (χ4n) is 2.20. The topological polar surface area (TPSA) is 80.3 Å². The van der Waals surface area contributed by atoms with Gasteiger partial charge in [0.05, 0.1) is 24.3 Å². The third-order valence-corrected chi connectivity index (χ3v) is 3.59. The van der Waals surface area contributed by atoms with Crippen LogP contribution in [0.5, 0.6) is 11.5 Å². The first-order chi connectivity index (χ1) is 13.6. The molecule has 0 aliphatic carbocycles. The summed E-state index contributed by atoms with van der Waals surface area (Å²) in [5.74, 6) is -0.158. The summed E-state index contributed by atoms with van der Waals surface area (Å²) in [6, 6.07) is 12.8. The molecule has 0 saturated carbocycles. The van der Waals surface area contributed by atoms with Gasteiger partial charge in [0.2, 0.25) is 0 Å².